The van der Waals surface area contributed by atoms with Crippen LogP contribution in [0, 0.1) is 26.6 Å². The van der Waals surface area contributed by atoms with Gasteiger partial charge in [-0.3, -0.25) is 4.79 Å². The van der Waals surface area contributed by atoms with Crippen molar-refractivity contribution in [3.8, 4) is 0 Å². The minimum Gasteiger partial charge on any atom is -0.452 e. The largest absolute Gasteiger partial charge is 0.452 e. The van der Waals surface area contributed by atoms with Gasteiger partial charge in [0.2, 0.25) is 0 Å². The predicted octanol–water partition coefficient (Wildman–Crippen LogP) is 5.53. The molecule has 0 bridgehead atoms. The van der Waals surface area contributed by atoms with Crippen LogP contribution in [0.15, 0.2) is 53.9 Å². The van der Waals surface area contributed by atoms with Crippen molar-refractivity contribution in [2.75, 3.05) is 11.9 Å². The summed E-state index contributed by atoms with van der Waals surface area (Å²) in [5, 5.41) is 4.66. The standard InChI is InChI=1S/C24H22FNO3S/c1-15-11-16(2)23(17(3)12-15)26-22(27)14-29-24(28)20(21-5-4-10-30-21)13-18-6-8-19(25)9-7-18/h4-13H,14H2,1-3H3,(H,26,27). The maximum atomic E-state index is 13.2. The first kappa shape index (κ1) is 21.5. The van der Waals surface area contributed by atoms with E-state index in [1.165, 1.54) is 23.5 Å². The Morgan fingerprint density at radius 2 is 1.73 bits per heavy atom. The van der Waals surface area contributed by atoms with Gasteiger partial charge in [0.1, 0.15) is 5.82 Å². The smallest absolute Gasteiger partial charge is 0.340 e. The number of amides is 1. The number of nitrogens with one attached hydrogen (secondary N) is 1. The van der Waals surface area contributed by atoms with E-state index in [1.54, 1.807) is 24.3 Å². The first-order chi connectivity index (χ1) is 14.3. The van der Waals surface area contributed by atoms with Gasteiger partial charge in [-0.1, -0.05) is 35.9 Å². The highest BCUT2D eigenvalue weighted by Crippen LogP contribution is 2.25. The molecule has 0 spiro atoms. The molecule has 0 saturated carbocycles. The Labute approximate surface area is 179 Å². The lowest BCUT2D eigenvalue weighted by Crippen LogP contribution is -2.22. The number of hydrogen-bond donors (Lipinski definition) is 1. The van der Waals surface area contributed by atoms with Gasteiger partial charge in [-0.25, -0.2) is 9.18 Å². The highest BCUT2D eigenvalue weighted by atomic mass is 32.1. The van der Waals surface area contributed by atoms with Crippen molar-refractivity contribution in [2.24, 2.45) is 0 Å². The third-order valence-electron chi connectivity index (χ3n) is 4.46. The molecule has 3 aromatic rings. The van der Waals surface area contributed by atoms with Crippen molar-refractivity contribution < 1.29 is 18.7 Å². The lowest BCUT2D eigenvalue weighted by Gasteiger charge is -2.13. The highest BCUT2D eigenvalue weighted by molar-refractivity contribution is 7.11. The number of thiophene rings is 1. The molecule has 0 unspecified atom stereocenters. The number of aryl methyl sites for hydroxylation is 3. The van der Waals surface area contributed by atoms with Crippen LogP contribution in [0.2, 0.25) is 0 Å². The number of halogens is 1. The second kappa shape index (κ2) is 9.50. The Morgan fingerprint density at radius 3 is 2.33 bits per heavy atom. The number of benzene rings is 2. The zero-order valence-electron chi connectivity index (χ0n) is 17.0. The van der Waals surface area contributed by atoms with E-state index in [9.17, 15) is 14.0 Å². The van der Waals surface area contributed by atoms with Crippen molar-refractivity contribution in [3.63, 3.8) is 0 Å². The van der Waals surface area contributed by atoms with Gasteiger partial charge in [0.05, 0.1) is 5.57 Å². The van der Waals surface area contributed by atoms with E-state index in [-0.39, 0.29) is 5.82 Å². The SMILES string of the molecule is Cc1cc(C)c(NC(=O)COC(=O)C(=Cc2ccc(F)cc2)c2cccs2)c(C)c1. The monoisotopic (exact) mass is 423 g/mol. The quantitative estimate of drug-likeness (QED) is 0.419. The first-order valence-corrected chi connectivity index (χ1v) is 10.3. The van der Waals surface area contributed by atoms with Crippen LogP contribution in [0.4, 0.5) is 10.1 Å². The topological polar surface area (TPSA) is 55.4 Å². The third kappa shape index (κ3) is 5.42. The number of carbonyl (C=O) groups excluding carboxylic acids is 2. The summed E-state index contributed by atoms with van der Waals surface area (Å²) in [6.45, 7) is 5.43. The van der Waals surface area contributed by atoms with Gasteiger partial charge in [0, 0.05) is 10.6 Å². The van der Waals surface area contributed by atoms with E-state index in [2.05, 4.69) is 5.32 Å². The molecule has 0 fully saturated rings. The minimum atomic E-state index is -0.616. The van der Waals surface area contributed by atoms with Crippen molar-refractivity contribution >= 4 is 40.5 Å². The lowest BCUT2D eigenvalue weighted by atomic mass is 10.1. The number of ether oxygens (including phenoxy) is 1. The van der Waals surface area contributed by atoms with E-state index in [4.69, 9.17) is 4.74 Å². The van der Waals surface area contributed by atoms with Crippen molar-refractivity contribution in [3.05, 3.63) is 86.9 Å². The fourth-order valence-corrected chi connectivity index (χ4v) is 3.88. The summed E-state index contributed by atoms with van der Waals surface area (Å²) >= 11 is 1.38. The molecule has 154 valence electrons. The van der Waals surface area contributed by atoms with Crippen molar-refractivity contribution in [1.29, 1.82) is 0 Å². The molecule has 0 aliphatic rings. The average molecular weight is 424 g/mol. The molecule has 0 saturated heterocycles. The third-order valence-corrected chi connectivity index (χ3v) is 5.37. The normalized spacial score (nSPS) is 11.3. The Bertz CT molecular complexity index is 1060. The molecule has 30 heavy (non-hydrogen) atoms. The second-order valence-electron chi connectivity index (χ2n) is 6.98. The predicted molar refractivity (Wildman–Crippen MR) is 119 cm³/mol. The van der Waals surface area contributed by atoms with Crippen LogP contribution in [-0.2, 0) is 14.3 Å². The summed E-state index contributed by atoms with van der Waals surface area (Å²) in [6, 6.07) is 13.4. The van der Waals surface area contributed by atoms with Crippen LogP contribution in [-0.4, -0.2) is 18.5 Å². The minimum absolute atomic E-state index is 0.312. The molecule has 1 N–H and O–H groups in total. The molecule has 0 aliphatic carbocycles. The summed E-state index contributed by atoms with van der Waals surface area (Å²) in [5.41, 5.74) is 4.70. The maximum absolute atomic E-state index is 13.2. The summed E-state index contributed by atoms with van der Waals surface area (Å²) in [6.07, 6.45) is 1.62. The van der Waals surface area contributed by atoms with Gasteiger partial charge in [-0.2, -0.15) is 0 Å². The second-order valence-corrected chi connectivity index (χ2v) is 7.93. The van der Waals surface area contributed by atoms with Gasteiger partial charge < -0.3 is 10.1 Å². The van der Waals surface area contributed by atoms with Crippen LogP contribution >= 0.6 is 11.3 Å². The molecule has 3 rings (SSSR count). The van der Waals surface area contributed by atoms with E-state index in [0.717, 1.165) is 22.4 Å². The molecular weight excluding hydrogens is 401 g/mol. The summed E-state index contributed by atoms with van der Waals surface area (Å²) in [7, 11) is 0. The number of carbonyl (C=O) groups is 2. The van der Waals surface area contributed by atoms with Crippen LogP contribution < -0.4 is 5.32 Å². The van der Waals surface area contributed by atoms with Gasteiger partial charge in [0.25, 0.3) is 5.91 Å². The maximum Gasteiger partial charge on any atom is 0.340 e. The number of hydrogen-bond acceptors (Lipinski definition) is 4. The zero-order valence-corrected chi connectivity index (χ0v) is 17.8. The Kier molecular flexibility index (Phi) is 6.79. The average Bonchev–Trinajstić information content (AvgIpc) is 3.23. The molecule has 1 amide bonds. The molecule has 1 aromatic heterocycles. The first-order valence-electron chi connectivity index (χ1n) is 9.39. The van der Waals surface area contributed by atoms with Gasteiger partial charge in [-0.05, 0) is 67.1 Å². The fraction of sp³-hybridized carbons (Fsp3) is 0.167. The van der Waals surface area contributed by atoms with Crippen LogP contribution in [0.3, 0.4) is 0 Å². The van der Waals surface area contributed by atoms with E-state index < -0.39 is 18.5 Å². The summed E-state index contributed by atoms with van der Waals surface area (Å²) in [4.78, 5) is 25.8. The van der Waals surface area contributed by atoms with Crippen molar-refractivity contribution in [2.45, 2.75) is 20.8 Å². The molecule has 6 heteroatoms. The number of esters is 1. The Hall–Kier alpha value is -3.25. The van der Waals surface area contributed by atoms with Gasteiger partial charge in [0.15, 0.2) is 6.61 Å². The summed E-state index contributed by atoms with van der Waals surface area (Å²) in [5.74, 6) is -1.38. The lowest BCUT2D eigenvalue weighted by molar-refractivity contribution is -0.141. The van der Waals surface area contributed by atoms with Gasteiger partial charge in [-0.15, -0.1) is 11.3 Å². The zero-order chi connectivity index (χ0) is 21.7. The molecule has 2 aromatic carbocycles. The Balaban J connectivity index is 1.72. The fourth-order valence-electron chi connectivity index (χ4n) is 3.15. The number of anilines is 1. The van der Waals surface area contributed by atoms with E-state index >= 15 is 0 Å². The molecule has 0 atom stereocenters. The molecular formula is C24H22FNO3S. The molecule has 4 nitrogen and oxygen atoms in total. The van der Waals surface area contributed by atoms with Gasteiger partial charge >= 0.3 is 5.97 Å². The van der Waals surface area contributed by atoms with Crippen LogP contribution in [0.25, 0.3) is 11.6 Å². The molecule has 1 heterocycles. The van der Waals surface area contributed by atoms with Crippen LogP contribution in [0.5, 0.6) is 0 Å². The van der Waals surface area contributed by atoms with Crippen molar-refractivity contribution in [1.82, 2.24) is 0 Å². The summed E-state index contributed by atoms with van der Waals surface area (Å²) < 4.78 is 18.4. The molecule has 0 radical (unpaired) electrons. The van der Waals surface area contributed by atoms with Crippen LogP contribution in [0.1, 0.15) is 27.1 Å². The van der Waals surface area contributed by atoms with E-state index in [1.807, 2.05) is 44.4 Å². The number of rotatable bonds is 6. The highest BCUT2D eigenvalue weighted by Gasteiger charge is 2.17. The molecule has 0 aliphatic heterocycles. The Morgan fingerprint density at radius 1 is 1.07 bits per heavy atom. The van der Waals surface area contributed by atoms with E-state index in [0.29, 0.717) is 16.0 Å².